The van der Waals surface area contributed by atoms with Gasteiger partial charge in [-0.15, -0.1) is 0 Å². The van der Waals surface area contributed by atoms with Crippen LogP contribution in [0.25, 0.3) is 5.57 Å². The fraction of sp³-hybridized carbons (Fsp3) is 0.192. The van der Waals surface area contributed by atoms with Crippen molar-refractivity contribution < 1.29 is 23.8 Å². The molecule has 0 unspecified atom stereocenters. The second kappa shape index (κ2) is 8.75. The zero-order chi connectivity index (χ0) is 22.8. The normalized spacial score (nSPS) is 15.9. The van der Waals surface area contributed by atoms with Crippen molar-refractivity contribution in [2.75, 3.05) is 14.2 Å². The number of hydrogen-bond donors (Lipinski definition) is 1. The number of amides is 1. The summed E-state index contributed by atoms with van der Waals surface area (Å²) in [5.41, 5.74) is 3.75. The molecule has 5 nitrogen and oxygen atoms in total. The lowest BCUT2D eigenvalue weighted by Crippen LogP contribution is -2.30. The highest BCUT2D eigenvalue weighted by Gasteiger charge is 2.41. The molecule has 6 heteroatoms. The number of methoxy groups -OCH3 is 2. The highest BCUT2D eigenvalue weighted by Crippen LogP contribution is 2.44. The lowest BCUT2D eigenvalue weighted by atomic mass is 9.93. The average Bonchev–Trinajstić information content (AvgIpc) is 3.05. The van der Waals surface area contributed by atoms with Crippen molar-refractivity contribution in [3.63, 3.8) is 0 Å². The third kappa shape index (κ3) is 3.91. The van der Waals surface area contributed by atoms with Gasteiger partial charge >= 0.3 is 0 Å². The van der Waals surface area contributed by atoms with Crippen LogP contribution in [0.2, 0.25) is 0 Å². The minimum atomic E-state index is -0.586. The Hall–Kier alpha value is -3.80. The van der Waals surface area contributed by atoms with E-state index in [2.05, 4.69) is 0 Å². The summed E-state index contributed by atoms with van der Waals surface area (Å²) in [6.07, 6.45) is 0. The number of rotatable bonds is 6. The molecule has 1 aliphatic rings. The molecule has 0 bridgehead atoms. The maximum atomic E-state index is 13.6. The minimum absolute atomic E-state index is 0.188. The summed E-state index contributed by atoms with van der Waals surface area (Å²) in [5.74, 6) is 0.0305. The highest BCUT2D eigenvalue weighted by molar-refractivity contribution is 6.05. The van der Waals surface area contributed by atoms with Crippen LogP contribution < -0.4 is 9.47 Å². The fourth-order valence-corrected chi connectivity index (χ4v) is 4.00. The maximum Gasteiger partial charge on any atom is 0.290 e. The van der Waals surface area contributed by atoms with Crippen molar-refractivity contribution in [2.45, 2.75) is 19.5 Å². The van der Waals surface area contributed by atoms with Gasteiger partial charge in [-0.3, -0.25) is 4.79 Å². The summed E-state index contributed by atoms with van der Waals surface area (Å²) < 4.78 is 24.4. The summed E-state index contributed by atoms with van der Waals surface area (Å²) in [7, 11) is 3.12. The largest absolute Gasteiger partial charge is 0.503 e. The van der Waals surface area contributed by atoms with Crippen LogP contribution in [0.3, 0.4) is 0 Å². The van der Waals surface area contributed by atoms with E-state index in [1.54, 1.807) is 43.4 Å². The summed E-state index contributed by atoms with van der Waals surface area (Å²) in [5, 5.41) is 10.9. The molecule has 1 amide bonds. The van der Waals surface area contributed by atoms with Crippen molar-refractivity contribution in [1.82, 2.24) is 4.90 Å². The zero-order valence-corrected chi connectivity index (χ0v) is 18.1. The predicted molar refractivity (Wildman–Crippen MR) is 120 cm³/mol. The van der Waals surface area contributed by atoms with E-state index in [9.17, 15) is 14.3 Å². The van der Waals surface area contributed by atoms with E-state index in [0.29, 0.717) is 22.6 Å². The number of nitrogens with zero attached hydrogens (tertiary/aromatic N) is 1. The van der Waals surface area contributed by atoms with Crippen molar-refractivity contribution in [3.05, 3.63) is 101 Å². The van der Waals surface area contributed by atoms with Gasteiger partial charge < -0.3 is 19.5 Å². The Balaban J connectivity index is 1.80. The molecule has 0 saturated heterocycles. The molecule has 0 fully saturated rings. The van der Waals surface area contributed by atoms with E-state index in [1.807, 2.05) is 37.3 Å². The van der Waals surface area contributed by atoms with E-state index in [1.165, 1.54) is 12.1 Å². The molecule has 164 valence electrons. The summed E-state index contributed by atoms with van der Waals surface area (Å²) >= 11 is 0. The van der Waals surface area contributed by atoms with Crippen molar-refractivity contribution in [2.24, 2.45) is 0 Å². The molecule has 1 atom stereocenters. The molecule has 0 spiro atoms. The third-order valence-electron chi connectivity index (χ3n) is 5.69. The van der Waals surface area contributed by atoms with Crippen LogP contribution in [0.4, 0.5) is 4.39 Å². The van der Waals surface area contributed by atoms with E-state index in [0.717, 1.165) is 16.7 Å². The Kier molecular flexibility index (Phi) is 5.86. The van der Waals surface area contributed by atoms with Crippen LogP contribution >= 0.6 is 0 Å². The van der Waals surface area contributed by atoms with Gasteiger partial charge in [-0.1, -0.05) is 42.0 Å². The summed E-state index contributed by atoms with van der Waals surface area (Å²) in [4.78, 5) is 14.8. The Morgan fingerprint density at radius 3 is 2.28 bits per heavy atom. The third-order valence-corrected chi connectivity index (χ3v) is 5.69. The van der Waals surface area contributed by atoms with Crippen molar-refractivity contribution in [3.8, 4) is 11.5 Å². The second-order valence-electron chi connectivity index (χ2n) is 7.69. The highest BCUT2D eigenvalue weighted by atomic mass is 19.1. The van der Waals surface area contributed by atoms with Crippen LogP contribution in [0.15, 0.2) is 72.5 Å². The fourth-order valence-electron chi connectivity index (χ4n) is 4.00. The van der Waals surface area contributed by atoms with E-state index in [4.69, 9.17) is 9.47 Å². The molecule has 0 aliphatic carbocycles. The van der Waals surface area contributed by atoms with Gasteiger partial charge in [0, 0.05) is 17.2 Å². The molecule has 1 heterocycles. The van der Waals surface area contributed by atoms with E-state index >= 15 is 0 Å². The lowest BCUT2D eigenvalue weighted by molar-refractivity contribution is -0.130. The van der Waals surface area contributed by atoms with Crippen molar-refractivity contribution in [1.29, 1.82) is 0 Å². The molecule has 0 radical (unpaired) electrons. The number of carbonyl (C=O) groups excluding carboxylic acids is 1. The molecule has 0 aromatic heterocycles. The van der Waals surface area contributed by atoms with Gasteiger partial charge in [-0.2, -0.15) is 0 Å². The monoisotopic (exact) mass is 433 g/mol. The summed E-state index contributed by atoms with van der Waals surface area (Å²) in [6, 6.07) is 18.4. The number of aliphatic hydroxyl groups is 1. The van der Waals surface area contributed by atoms with E-state index in [-0.39, 0.29) is 18.1 Å². The molecule has 4 rings (SSSR count). The van der Waals surface area contributed by atoms with Crippen LogP contribution in [-0.2, 0) is 11.3 Å². The topological polar surface area (TPSA) is 59.0 Å². The first kappa shape index (κ1) is 21.4. The number of carbonyl (C=O) groups is 1. The average molecular weight is 433 g/mol. The van der Waals surface area contributed by atoms with E-state index < -0.39 is 11.9 Å². The Bertz CT molecular complexity index is 1170. The van der Waals surface area contributed by atoms with Crippen LogP contribution in [0.1, 0.15) is 28.3 Å². The Labute approximate surface area is 186 Å². The van der Waals surface area contributed by atoms with Gasteiger partial charge in [0.2, 0.25) is 0 Å². The van der Waals surface area contributed by atoms with Crippen LogP contribution in [0, 0.1) is 12.7 Å². The maximum absolute atomic E-state index is 13.6. The number of benzene rings is 3. The lowest BCUT2D eigenvalue weighted by Gasteiger charge is -2.28. The first-order valence-electron chi connectivity index (χ1n) is 10.2. The van der Waals surface area contributed by atoms with Gasteiger partial charge in [0.1, 0.15) is 17.3 Å². The first-order valence-corrected chi connectivity index (χ1v) is 10.2. The van der Waals surface area contributed by atoms with Gasteiger partial charge in [0.15, 0.2) is 5.76 Å². The molecular formula is C26H24FNO4. The quantitative estimate of drug-likeness (QED) is 0.580. The Morgan fingerprint density at radius 1 is 0.969 bits per heavy atom. The SMILES string of the molecule is COc1ccc(CN2C(=O)C(O)=C(c3ccc(C)cc3)[C@@H]2c2ccc(F)cc2)c(OC)c1. The number of hydrogen-bond acceptors (Lipinski definition) is 4. The number of aryl methyl sites for hydroxylation is 1. The molecule has 0 saturated carbocycles. The standard InChI is InChI=1S/C26H24FNO4/c1-16-4-6-17(7-5-16)23-24(18-8-11-20(27)12-9-18)28(26(30)25(23)29)15-19-10-13-21(31-2)14-22(19)32-3/h4-14,24,29H,15H2,1-3H3/t24-/m0/s1. The van der Waals surface area contributed by atoms with Gasteiger partial charge in [-0.25, -0.2) is 4.39 Å². The zero-order valence-electron chi connectivity index (χ0n) is 18.1. The van der Waals surface area contributed by atoms with Gasteiger partial charge in [0.05, 0.1) is 26.8 Å². The molecule has 3 aromatic rings. The number of aliphatic hydroxyl groups excluding tert-OH is 1. The molecule has 1 aliphatic heterocycles. The predicted octanol–water partition coefficient (Wildman–Crippen LogP) is 5.20. The molecular weight excluding hydrogens is 409 g/mol. The summed E-state index contributed by atoms with van der Waals surface area (Å²) in [6.45, 7) is 2.16. The molecule has 1 N–H and O–H groups in total. The smallest absolute Gasteiger partial charge is 0.290 e. The molecule has 3 aromatic carbocycles. The molecule has 32 heavy (non-hydrogen) atoms. The van der Waals surface area contributed by atoms with Crippen LogP contribution in [-0.4, -0.2) is 30.1 Å². The second-order valence-corrected chi connectivity index (χ2v) is 7.69. The minimum Gasteiger partial charge on any atom is -0.503 e. The Morgan fingerprint density at radius 2 is 1.66 bits per heavy atom. The van der Waals surface area contributed by atoms with Crippen molar-refractivity contribution >= 4 is 11.5 Å². The first-order chi connectivity index (χ1) is 15.4. The van der Waals surface area contributed by atoms with Crippen LogP contribution in [0.5, 0.6) is 11.5 Å². The number of halogens is 1. The van der Waals surface area contributed by atoms with Gasteiger partial charge in [0.25, 0.3) is 5.91 Å². The van der Waals surface area contributed by atoms with Gasteiger partial charge in [-0.05, 0) is 42.3 Å². The number of ether oxygens (including phenoxy) is 2.